The van der Waals surface area contributed by atoms with Gasteiger partial charge in [0.1, 0.15) is 17.4 Å². The molecule has 2 saturated heterocycles. The Bertz CT molecular complexity index is 1190. The van der Waals surface area contributed by atoms with Crippen LogP contribution in [0.5, 0.6) is 5.75 Å². The van der Waals surface area contributed by atoms with E-state index in [0.29, 0.717) is 44.8 Å². The lowest BCUT2D eigenvalue weighted by Crippen LogP contribution is -2.58. The van der Waals surface area contributed by atoms with E-state index in [9.17, 15) is 19.5 Å². The van der Waals surface area contributed by atoms with Crippen molar-refractivity contribution in [1.82, 2.24) is 9.80 Å². The molecule has 40 heavy (non-hydrogen) atoms. The van der Waals surface area contributed by atoms with Crippen molar-refractivity contribution in [3.05, 3.63) is 48.6 Å². The van der Waals surface area contributed by atoms with Crippen LogP contribution in [0.3, 0.4) is 0 Å². The molecule has 1 aromatic rings. The molecule has 4 heterocycles. The molecule has 2 fully saturated rings. The second kappa shape index (κ2) is 11.0. The van der Waals surface area contributed by atoms with Gasteiger partial charge < -0.3 is 29.3 Å². The summed E-state index contributed by atoms with van der Waals surface area (Å²) >= 11 is 0. The topological polar surface area (TPSA) is 99.6 Å². The molecule has 0 aliphatic carbocycles. The largest absolute Gasteiger partial charge is 0.494 e. The molecule has 1 spiro atoms. The van der Waals surface area contributed by atoms with E-state index in [1.54, 1.807) is 14.7 Å². The summed E-state index contributed by atoms with van der Waals surface area (Å²) < 4.78 is 12.3. The average molecular weight is 552 g/mol. The second-order valence-electron chi connectivity index (χ2n) is 12.0. The average Bonchev–Trinajstić information content (AvgIpc) is 3.21. The molecule has 1 N–H and O–H groups in total. The lowest BCUT2D eigenvalue weighted by molar-refractivity contribution is -0.150. The minimum Gasteiger partial charge on any atom is -0.494 e. The van der Waals surface area contributed by atoms with Crippen molar-refractivity contribution >= 4 is 23.4 Å². The summed E-state index contributed by atoms with van der Waals surface area (Å²) in [5.74, 6) is -1.42. The summed E-state index contributed by atoms with van der Waals surface area (Å²) in [6.07, 6.45) is 8.99. The number of hydrogen-bond acceptors (Lipinski definition) is 6. The van der Waals surface area contributed by atoms with Crippen molar-refractivity contribution in [3.8, 4) is 5.75 Å². The standard InChI is InChI=1S/C31H41N3O6/c1-5-39-22-14-12-21(13-15-22)32-18-9-11-23-24(27(32)36)25-28(37)33(17-7-6-8-20-35)26-29(38)34(30(2,3)4)19-10-16-31(25,26)40-23/h9-16,23-26,35H,5-8,17-20H2,1-4H3/t23-,24+,25-,26?,31-/m0/s1. The number of carbonyl (C=O) groups is 3. The summed E-state index contributed by atoms with van der Waals surface area (Å²) in [6, 6.07) is 6.52. The van der Waals surface area contributed by atoms with E-state index in [1.165, 1.54) is 0 Å². The number of nitrogens with zero attached hydrogens (tertiary/aromatic N) is 3. The maximum atomic E-state index is 14.3. The molecule has 4 aliphatic rings. The summed E-state index contributed by atoms with van der Waals surface area (Å²) in [7, 11) is 0. The quantitative estimate of drug-likeness (QED) is 0.394. The Hall–Kier alpha value is -3.17. The minimum absolute atomic E-state index is 0.0818. The first kappa shape index (κ1) is 28.4. The van der Waals surface area contributed by atoms with E-state index in [0.717, 1.165) is 12.2 Å². The lowest BCUT2D eigenvalue weighted by Gasteiger charge is -2.40. The number of ether oxygens (including phenoxy) is 2. The predicted molar refractivity (Wildman–Crippen MR) is 151 cm³/mol. The summed E-state index contributed by atoms with van der Waals surface area (Å²) in [4.78, 5) is 47.9. The van der Waals surface area contributed by atoms with Crippen LogP contribution in [0.15, 0.2) is 48.6 Å². The Balaban J connectivity index is 1.53. The zero-order valence-corrected chi connectivity index (χ0v) is 23.9. The van der Waals surface area contributed by atoms with Crippen LogP contribution in [-0.4, -0.2) is 88.8 Å². The molecular weight excluding hydrogens is 510 g/mol. The summed E-state index contributed by atoms with van der Waals surface area (Å²) in [5, 5.41) is 9.25. The third-order valence-electron chi connectivity index (χ3n) is 8.49. The van der Waals surface area contributed by atoms with Gasteiger partial charge in [0.25, 0.3) is 0 Å². The molecule has 0 bridgehead atoms. The van der Waals surface area contributed by atoms with Gasteiger partial charge in [0.15, 0.2) is 0 Å². The van der Waals surface area contributed by atoms with Gasteiger partial charge in [-0.05, 0) is 71.2 Å². The fourth-order valence-corrected chi connectivity index (χ4v) is 6.67. The number of unbranched alkanes of at least 4 members (excludes halogenated alkanes) is 2. The summed E-state index contributed by atoms with van der Waals surface area (Å²) in [5.41, 5.74) is -0.976. The smallest absolute Gasteiger partial charge is 0.249 e. The minimum atomic E-state index is -1.23. The molecule has 216 valence electrons. The van der Waals surface area contributed by atoms with Gasteiger partial charge in [0.2, 0.25) is 17.7 Å². The molecule has 0 aromatic heterocycles. The molecule has 3 amide bonds. The Labute approximate surface area is 236 Å². The van der Waals surface area contributed by atoms with Crippen LogP contribution in [0.2, 0.25) is 0 Å². The van der Waals surface area contributed by atoms with E-state index in [1.807, 2.05) is 76.3 Å². The van der Waals surface area contributed by atoms with Crippen molar-refractivity contribution in [1.29, 1.82) is 0 Å². The highest BCUT2D eigenvalue weighted by atomic mass is 16.5. The number of benzene rings is 1. The molecular formula is C31H41N3O6. The van der Waals surface area contributed by atoms with Gasteiger partial charge in [0.05, 0.1) is 24.5 Å². The third-order valence-corrected chi connectivity index (χ3v) is 8.49. The fraction of sp³-hybridized carbons (Fsp3) is 0.581. The van der Waals surface area contributed by atoms with E-state index < -0.39 is 35.1 Å². The lowest BCUT2D eigenvalue weighted by atomic mass is 9.77. The van der Waals surface area contributed by atoms with Crippen molar-refractivity contribution in [2.45, 2.75) is 70.2 Å². The fourth-order valence-electron chi connectivity index (χ4n) is 6.67. The number of carbonyl (C=O) groups excluding carboxylic acids is 3. The molecule has 5 rings (SSSR count). The highest BCUT2D eigenvalue weighted by Gasteiger charge is 2.72. The van der Waals surface area contributed by atoms with E-state index in [4.69, 9.17) is 9.47 Å². The van der Waals surface area contributed by atoms with Crippen LogP contribution in [-0.2, 0) is 19.1 Å². The van der Waals surface area contributed by atoms with Gasteiger partial charge in [0, 0.05) is 37.5 Å². The van der Waals surface area contributed by atoms with Crippen LogP contribution < -0.4 is 9.64 Å². The van der Waals surface area contributed by atoms with Crippen molar-refractivity contribution in [3.63, 3.8) is 0 Å². The van der Waals surface area contributed by atoms with Crippen LogP contribution in [0.25, 0.3) is 0 Å². The van der Waals surface area contributed by atoms with E-state index in [2.05, 4.69) is 0 Å². The predicted octanol–water partition coefficient (Wildman–Crippen LogP) is 2.93. The number of rotatable bonds is 8. The monoisotopic (exact) mass is 551 g/mol. The number of aliphatic hydroxyl groups excluding tert-OH is 1. The van der Waals surface area contributed by atoms with Gasteiger partial charge in [-0.3, -0.25) is 14.4 Å². The Morgan fingerprint density at radius 1 is 1.00 bits per heavy atom. The number of likely N-dealkylation sites (tertiary alicyclic amines) is 1. The Morgan fingerprint density at radius 2 is 1.75 bits per heavy atom. The van der Waals surface area contributed by atoms with Crippen LogP contribution >= 0.6 is 0 Å². The normalized spacial score (nSPS) is 29.8. The SMILES string of the molecule is CCOc1ccc(N2CC=C[C@@H]3O[C@]45C=CCN(C(C)(C)C)C(=O)C4N(CCCCCO)C(=O)[C@@H]5[C@@H]3C2=O)cc1. The van der Waals surface area contributed by atoms with Crippen LogP contribution in [0, 0.1) is 11.8 Å². The van der Waals surface area contributed by atoms with Gasteiger partial charge >= 0.3 is 0 Å². The molecule has 0 saturated carbocycles. The zero-order chi connectivity index (χ0) is 28.7. The maximum absolute atomic E-state index is 14.3. The highest BCUT2D eigenvalue weighted by molar-refractivity contribution is 6.03. The van der Waals surface area contributed by atoms with Gasteiger partial charge in [-0.15, -0.1) is 0 Å². The molecule has 9 heteroatoms. The first-order valence-corrected chi connectivity index (χ1v) is 14.4. The van der Waals surface area contributed by atoms with E-state index in [-0.39, 0.29) is 24.3 Å². The van der Waals surface area contributed by atoms with Gasteiger partial charge in [-0.1, -0.05) is 24.3 Å². The van der Waals surface area contributed by atoms with Crippen molar-refractivity contribution in [2.24, 2.45) is 11.8 Å². The van der Waals surface area contributed by atoms with Crippen LogP contribution in [0.1, 0.15) is 47.0 Å². The molecule has 1 unspecified atom stereocenters. The number of aliphatic hydroxyl groups is 1. The third kappa shape index (κ3) is 4.73. The van der Waals surface area contributed by atoms with Crippen molar-refractivity contribution in [2.75, 3.05) is 37.7 Å². The molecule has 9 nitrogen and oxygen atoms in total. The number of amides is 3. The highest BCUT2D eigenvalue weighted by Crippen LogP contribution is 2.54. The first-order chi connectivity index (χ1) is 19.1. The second-order valence-corrected chi connectivity index (χ2v) is 12.0. The molecule has 1 aromatic carbocycles. The molecule has 4 aliphatic heterocycles. The maximum Gasteiger partial charge on any atom is 0.249 e. The van der Waals surface area contributed by atoms with Crippen LogP contribution in [0.4, 0.5) is 5.69 Å². The summed E-state index contributed by atoms with van der Waals surface area (Å²) in [6.45, 7) is 9.63. The Kier molecular flexibility index (Phi) is 7.81. The van der Waals surface area contributed by atoms with Gasteiger partial charge in [-0.25, -0.2) is 0 Å². The van der Waals surface area contributed by atoms with Crippen molar-refractivity contribution < 1.29 is 29.0 Å². The molecule has 5 atom stereocenters. The Morgan fingerprint density at radius 3 is 2.42 bits per heavy atom. The number of anilines is 1. The molecule has 0 radical (unpaired) electrons. The van der Waals surface area contributed by atoms with E-state index >= 15 is 0 Å². The van der Waals surface area contributed by atoms with Gasteiger partial charge in [-0.2, -0.15) is 0 Å². The number of hydrogen-bond donors (Lipinski definition) is 1. The zero-order valence-electron chi connectivity index (χ0n) is 23.9. The number of fused-ring (bicyclic) bond motifs is 2. The first-order valence-electron chi connectivity index (χ1n) is 14.4.